The summed E-state index contributed by atoms with van der Waals surface area (Å²) in [7, 11) is 5.07. The first kappa shape index (κ1) is 21.2. The number of benzene rings is 3. The minimum Gasteiger partial charge on any atom is -0.385 e. The predicted octanol–water partition coefficient (Wildman–Crippen LogP) is 3.72. The van der Waals surface area contributed by atoms with Crippen LogP contribution >= 0.6 is 0 Å². The highest BCUT2D eigenvalue weighted by Gasteiger charge is 2.35. The van der Waals surface area contributed by atoms with Gasteiger partial charge >= 0.3 is 5.69 Å². The molecule has 2 heterocycles. The summed E-state index contributed by atoms with van der Waals surface area (Å²) in [6.07, 6.45) is 1.66. The van der Waals surface area contributed by atoms with Gasteiger partial charge in [-0.1, -0.05) is 18.2 Å². The SMILES string of the molecule is COCCCc1ccc2c3c(cccc13)C(=O)N(c1cc3c(cc1C)n(C)c(=O)n3C)C2=O. The van der Waals surface area contributed by atoms with Gasteiger partial charge in [-0.05, 0) is 60.5 Å². The van der Waals surface area contributed by atoms with Crippen molar-refractivity contribution in [2.75, 3.05) is 18.6 Å². The van der Waals surface area contributed by atoms with Crippen LogP contribution in [0.5, 0.6) is 0 Å². The van der Waals surface area contributed by atoms with E-state index in [1.54, 1.807) is 37.9 Å². The van der Waals surface area contributed by atoms with E-state index in [1.807, 2.05) is 37.3 Å². The molecule has 33 heavy (non-hydrogen) atoms. The van der Waals surface area contributed by atoms with E-state index >= 15 is 0 Å². The first-order chi connectivity index (χ1) is 15.8. The van der Waals surface area contributed by atoms with E-state index in [0.717, 1.165) is 34.9 Å². The third-order valence-corrected chi connectivity index (χ3v) is 6.62. The van der Waals surface area contributed by atoms with Crippen molar-refractivity contribution >= 4 is 39.3 Å². The number of carbonyl (C=O) groups excluding carboxylic acids is 2. The molecule has 0 spiro atoms. The largest absolute Gasteiger partial charge is 0.385 e. The summed E-state index contributed by atoms with van der Waals surface area (Å²) < 4.78 is 8.26. The molecule has 0 fully saturated rings. The molecule has 1 aromatic heterocycles. The van der Waals surface area contributed by atoms with Gasteiger partial charge in [0.25, 0.3) is 11.8 Å². The number of hydrogen-bond acceptors (Lipinski definition) is 4. The van der Waals surface area contributed by atoms with Crippen molar-refractivity contribution in [1.29, 1.82) is 0 Å². The lowest BCUT2D eigenvalue weighted by atomic mass is 9.89. The quantitative estimate of drug-likeness (QED) is 0.348. The summed E-state index contributed by atoms with van der Waals surface area (Å²) in [5.41, 5.74) is 4.62. The van der Waals surface area contributed by atoms with Gasteiger partial charge in [-0.2, -0.15) is 0 Å². The van der Waals surface area contributed by atoms with E-state index < -0.39 is 0 Å². The van der Waals surface area contributed by atoms with Gasteiger partial charge in [0.1, 0.15) is 0 Å². The summed E-state index contributed by atoms with van der Waals surface area (Å²) in [6, 6.07) is 13.0. The van der Waals surface area contributed by atoms with Gasteiger partial charge < -0.3 is 4.74 Å². The van der Waals surface area contributed by atoms with E-state index in [1.165, 1.54) is 9.47 Å². The highest BCUT2D eigenvalue weighted by Crippen LogP contribution is 2.36. The monoisotopic (exact) mass is 443 g/mol. The number of imide groups is 1. The molecule has 0 N–H and O–H groups in total. The second-order valence-electron chi connectivity index (χ2n) is 8.57. The first-order valence-corrected chi connectivity index (χ1v) is 10.9. The van der Waals surface area contributed by atoms with Crippen molar-refractivity contribution in [3.8, 4) is 0 Å². The predicted molar refractivity (Wildman–Crippen MR) is 128 cm³/mol. The van der Waals surface area contributed by atoms with E-state index in [-0.39, 0.29) is 17.5 Å². The number of anilines is 1. The van der Waals surface area contributed by atoms with E-state index in [0.29, 0.717) is 34.3 Å². The Hall–Kier alpha value is -3.71. The number of aromatic nitrogens is 2. The lowest BCUT2D eigenvalue weighted by Crippen LogP contribution is -2.41. The number of nitrogens with zero attached hydrogens (tertiary/aromatic N) is 3. The summed E-state index contributed by atoms with van der Waals surface area (Å²) in [6.45, 7) is 2.50. The fourth-order valence-electron chi connectivity index (χ4n) is 4.88. The molecule has 4 aromatic rings. The average Bonchev–Trinajstić information content (AvgIpc) is 3.01. The van der Waals surface area contributed by atoms with Gasteiger partial charge in [0.05, 0.1) is 16.7 Å². The van der Waals surface area contributed by atoms with E-state index in [9.17, 15) is 14.4 Å². The van der Waals surface area contributed by atoms with Crippen LogP contribution in [0.4, 0.5) is 5.69 Å². The Labute approximate surface area is 190 Å². The van der Waals surface area contributed by atoms with Gasteiger partial charge in [-0.3, -0.25) is 18.7 Å². The van der Waals surface area contributed by atoms with Gasteiger partial charge in [-0.15, -0.1) is 0 Å². The number of fused-ring (bicyclic) bond motifs is 1. The Balaban J connectivity index is 1.68. The van der Waals surface area contributed by atoms with Gasteiger partial charge in [-0.25, -0.2) is 9.69 Å². The molecule has 0 aliphatic carbocycles. The molecule has 0 unspecified atom stereocenters. The molecule has 7 nitrogen and oxygen atoms in total. The maximum atomic E-state index is 13.6. The fraction of sp³-hybridized carbons (Fsp3) is 0.269. The third kappa shape index (κ3) is 3.03. The molecular formula is C26H25N3O4. The molecule has 3 aromatic carbocycles. The number of aryl methyl sites for hydroxylation is 4. The molecule has 1 aliphatic heterocycles. The molecule has 1 aliphatic rings. The van der Waals surface area contributed by atoms with Crippen molar-refractivity contribution in [1.82, 2.24) is 9.13 Å². The van der Waals surface area contributed by atoms with Crippen LogP contribution in [0.15, 0.2) is 47.3 Å². The minimum absolute atomic E-state index is 0.158. The van der Waals surface area contributed by atoms with Crippen molar-refractivity contribution in [3.63, 3.8) is 0 Å². The number of carbonyl (C=O) groups is 2. The van der Waals surface area contributed by atoms with Crippen molar-refractivity contribution < 1.29 is 14.3 Å². The van der Waals surface area contributed by atoms with Gasteiger partial charge in [0.2, 0.25) is 0 Å². The lowest BCUT2D eigenvalue weighted by Gasteiger charge is -2.29. The summed E-state index contributed by atoms with van der Waals surface area (Å²) in [5, 5.41) is 1.64. The second-order valence-corrected chi connectivity index (χ2v) is 8.57. The highest BCUT2D eigenvalue weighted by atomic mass is 16.5. The van der Waals surface area contributed by atoms with Gasteiger partial charge in [0, 0.05) is 44.3 Å². The van der Waals surface area contributed by atoms with Gasteiger partial charge in [0.15, 0.2) is 0 Å². The molecule has 0 saturated heterocycles. The fourth-order valence-corrected chi connectivity index (χ4v) is 4.88. The van der Waals surface area contributed by atoms with Crippen LogP contribution in [0, 0.1) is 6.92 Å². The topological polar surface area (TPSA) is 73.5 Å². The zero-order valence-corrected chi connectivity index (χ0v) is 19.1. The van der Waals surface area contributed by atoms with E-state index in [4.69, 9.17) is 4.74 Å². The Kier molecular flexibility index (Phi) is 4.94. The maximum Gasteiger partial charge on any atom is 0.328 e. The second kappa shape index (κ2) is 7.71. The van der Waals surface area contributed by atoms with Crippen LogP contribution in [0.3, 0.4) is 0 Å². The van der Waals surface area contributed by atoms with Crippen LogP contribution in [-0.2, 0) is 25.3 Å². The summed E-state index contributed by atoms with van der Waals surface area (Å²) in [4.78, 5) is 40.9. The third-order valence-electron chi connectivity index (χ3n) is 6.62. The van der Waals surface area contributed by atoms with E-state index in [2.05, 4.69) is 0 Å². The molecule has 7 heteroatoms. The number of amides is 2. The maximum absolute atomic E-state index is 13.6. The average molecular weight is 444 g/mol. The molecule has 2 amide bonds. The van der Waals surface area contributed by atoms with Crippen LogP contribution in [-0.4, -0.2) is 34.7 Å². The number of rotatable bonds is 5. The molecule has 168 valence electrons. The molecule has 0 radical (unpaired) electrons. The molecule has 5 rings (SSSR count). The smallest absolute Gasteiger partial charge is 0.328 e. The molecule has 0 saturated carbocycles. The standard InChI is InChI=1S/C26H25N3O4/c1-15-13-21-22(28(3)26(32)27(21)2)14-20(15)29-24(30)18-9-5-8-17-16(7-6-12-33-4)10-11-19(23(17)18)25(29)31/h5,8-11,13-14H,6-7,12H2,1-4H3. The van der Waals surface area contributed by atoms with Crippen LogP contribution < -0.4 is 10.6 Å². The van der Waals surface area contributed by atoms with Crippen LogP contribution in [0.1, 0.15) is 38.3 Å². The zero-order chi connectivity index (χ0) is 23.4. The Morgan fingerprint density at radius 2 is 1.55 bits per heavy atom. The van der Waals surface area contributed by atoms with Crippen LogP contribution in [0.25, 0.3) is 21.8 Å². The number of methoxy groups -OCH3 is 1. The zero-order valence-electron chi connectivity index (χ0n) is 19.1. The van der Waals surface area contributed by atoms with Crippen molar-refractivity contribution in [3.05, 3.63) is 75.2 Å². The Bertz CT molecular complexity index is 1500. The molecule has 0 bridgehead atoms. The lowest BCUT2D eigenvalue weighted by molar-refractivity contribution is 0.0893. The Morgan fingerprint density at radius 3 is 2.24 bits per heavy atom. The van der Waals surface area contributed by atoms with Crippen molar-refractivity contribution in [2.24, 2.45) is 14.1 Å². The Morgan fingerprint density at radius 1 is 0.879 bits per heavy atom. The van der Waals surface area contributed by atoms with Crippen LogP contribution in [0.2, 0.25) is 0 Å². The van der Waals surface area contributed by atoms with Crippen molar-refractivity contribution in [2.45, 2.75) is 19.8 Å². The number of ether oxygens (including phenoxy) is 1. The highest BCUT2D eigenvalue weighted by molar-refractivity contribution is 6.36. The molecular weight excluding hydrogens is 418 g/mol. The summed E-state index contributed by atoms with van der Waals surface area (Å²) >= 11 is 0. The number of hydrogen-bond donors (Lipinski definition) is 0. The minimum atomic E-state index is -0.351. The first-order valence-electron chi connectivity index (χ1n) is 10.9. The normalized spacial score (nSPS) is 13.5. The number of imidazole rings is 1. The molecule has 0 atom stereocenters. The summed E-state index contributed by atoms with van der Waals surface area (Å²) in [5.74, 6) is -0.703.